The van der Waals surface area contributed by atoms with Crippen molar-refractivity contribution in [3.63, 3.8) is 0 Å². The van der Waals surface area contributed by atoms with E-state index >= 15 is 0 Å². The Bertz CT molecular complexity index is 1700. The summed E-state index contributed by atoms with van der Waals surface area (Å²) in [4.78, 5) is 51.2. The number of aliphatic hydroxyl groups excluding tert-OH is 2. The first kappa shape index (κ1) is 72.9. The molecular formula is C67H112O12. The van der Waals surface area contributed by atoms with E-state index < -0.39 is 67.3 Å². The summed E-state index contributed by atoms with van der Waals surface area (Å²) in [5, 5.41) is 31.5. The molecule has 12 heteroatoms. The highest BCUT2D eigenvalue weighted by Crippen LogP contribution is 2.26. The predicted octanol–water partition coefficient (Wildman–Crippen LogP) is 16.7. The third kappa shape index (κ3) is 44.3. The average Bonchev–Trinajstić information content (AvgIpc) is 3.43. The average molecular weight is 1110 g/mol. The van der Waals surface area contributed by atoms with Crippen molar-refractivity contribution in [3.8, 4) is 0 Å². The van der Waals surface area contributed by atoms with E-state index in [9.17, 15) is 34.5 Å². The molecule has 1 saturated heterocycles. The Morgan fingerprint density at radius 3 is 1.29 bits per heavy atom. The van der Waals surface area contributed by atoms with Crippen LogP contribution in [0.5, 0.6) is 0 Å². The monoisotopic (exact) mass is 1110 g/mol. The molecule has 79 heavy (non-hydrogen) atoms. The molecule has 6 atom stereocenters. The van der Waals surface area contributed by atoms with Gasteiger partial charge in [0.15, 0.2) is 24.6 Å². The molecule has 0 aromatic heterocycles. The molecular weight excluding hydrogens is 997 g/mol. The number of unbranched alkanes of at least 4 members (excludes halogenated alkanes) is 25. The van der Waals surface area contributed by atoms with Crippen LogP contribution >= 0.6 is 0 Å². The second kappa shape index (κ2) is 54.5. The van der Waals surface area contributed by atoms with Crippen molar-refractivity contribution in [1.82, 2.24) is 0 Å². The van der Waals surface area contributed by atoms with Gasteiger partial charge in [-0.1, -0.05) is 247 Å². The number of ether oxygens (including phenoxy) is 5. The SMILES string of the molecule is CC/C=C\C/C=C\C/C=C\C/C=C\CCC(=O)OC(COC(=O)CCCCCCCCCCCCCCCCCCC)COC1OC(C(=O)O)C(O)C(O)C1OC(=O)CCCCCCCC/C=C\C/C=C\C/C=C\CCCCC. The number of carboxylic acids is 1. The van der Waals surface area contributed by atoms with Crippen molar-refractivity contribution in [3.05, 3.63) is 85.1 Å². The summed E-state index contributed by atoms with van der Waals surface area (Å²) in [6.07, 6.45) is 58.5. The van der Waals surface area contributed by atoms with Crippen LogP contribution < -0.4 is 0 Å². The quantitative estimate of drug-likeness (QED) is 0.0228. The molecule has 1 aliphatic heterocycles. The van der Waals surface area contributed by atoms with Gasteiger partial charge in [-0.25, -0.2) is 4.79 Å². The van der Waals surface area contributed by atoms with Crippen molar-refractivity contribution >= 4 is 23.9 Å². The van der Waals surface area contributed by atoms with Crippen LogP contribution in [-0.2, 0) is 42.9 Å². The van der Waals surface area contributed by atoms with Gasteiger partial charge < -0.3 is 39.0 Å². The summed E-state index contributed by atoms with van der Waals surface area (Å²) in [6, 6.07) is 0. The van der Waals surface area contributed by atoms with Gasteiger partial charge in [-0.15, -0.1) is 0 Å². The fourth-order valence-electron chi connectivity index (χ4n) is 9.15. The third-order valence-electron chi connectivity index (χ3n) is 14.0. The minimum absolute atomic E-state index is 0.0359. The summed E-state index contributed by atoms with van der Waals surface area (Å²) >= 11 is 0. The largest absolute Gasteiger partial charge is 0.479 e. The van der Waals surface area contributed by atoms with Crippen molar-refractivity contribution in [2.45, 2.75) is 302 Å². The molecule has 0 spiro atoms. The maximum absolute atomic E-state index is 13.1. The van der Waals surface area contributed by atoms with Gasteiger partial charge in [-0.2, -0.15) is 0 Å². The normalized spacial score (nSPS) is 18.4. The maximum atomic E-state index is 13.1. The van der Waals surface area contributed by atoms with Crippen LogP contribution in [0.4, 0.5) is 0 Å². The molecule has 452 valence electrons. The van der Waals surface area contributed by atoms with E-state index in [1.807, 2.05) is 12.2 Å². The van der Waals surface area contributed by atoms with Gasteiger partial charge in [0.25, 0.3) is 0 Å². The van der Waals surface area contributed by atoms with Crippen molar-refractivity contribution in [2.75, 3.05) is 13.2 Å². The van der Waals surface area contributed by atoms with E-state index in [0.29, 0.717) is 25.7 Å². The number of allylic oxidation sites excluding steroid dienone is 14. The molecule has 0 aromatic carbocycles. The molecule has 1 fully saturated rings. The smallest absolute Gasteiger partial charge is 0.335 e. The standard InChI is InChI=1S/C67H112O12/c1-4-7-10-13-16-19-22-25-27-29-30-32-34-37-40-43-46-49-52-55-61(70)78-65-63(72)62(71)64(66(73)74)79-67(65)76-57-58(77-60(69)54-51-48-45-42-39-35-24-21-18-15-12-9-6-3)56-75-59(68)53-50-47-44-41-38-36-33-31-28-26-23-20-17-14-11-8-5-2/h9,12,16,18-19,21,25,27,30,32,35,39,45,48,58,62-65,67,71-72H,4-8,10-11,13-15,17,20,22-24,26,28-29,31,33-34,36-38,40-44,46-47,49-57H2,1-3H3,(H,73,74)/b12-9-,19-16-,21-18-,27-25-,32-30-,39-35-,48-45-. The highest BCUT2D eigenvalue weighted by molar-refractivity contribution is 5.74. The van der Waals surface area contributed by atoms with Gasteiger partial charge in [-0.05, 0) is 83.5 Å². The number of aliphatic carboxylic acids is 1. The summed E-state index contributed by atoms with van der Waals surface area (Å²) in [6.45, 7) is 5.81. The Labute approximate surface area is 480 Å². The molecule has 1 aliphatic rings. The van der Waals surface area contributed by atoms with E-state index in [1.165, 1.54) is 103 Å². The number of hydrogen-bond acceptors (Lipinski definition) is 11. The molecule has 1 rings (SSSR count). The van der Waals surface area contributed by atoms with Crippen molar-refractivity contribution in [1.29, 1.82) is 0 Å². The molecule has 3 N–H and O–H groups in total. The third-order valence-corrected chi connectivity index (χ3v) is 14.0. The Morgan fingerprint density at radius 1 is 0.430 bits per heavy atom. The zero-order valence-corrected chi connectivity index (χ0v) is 49.8. The Kier molecular flexibility index (Phi) is 50.3. The lowest BCUT2D eigenvalue weighted by molar-refractivity contribution is -0.301. The number of carbonyl (C=O) groups is 4. The van der Waals surface area contributed by atoms with Crippen LogP contribution in [0.25, 0.3) is 0 Å². The highest BCUT2D eigenvalue weighted by atomic mass is 16.7. The number of aliphatic hydroxyl groups is 2. The molecule has 0 aromatic rings. The lowest BCUT2D eigenvalue weighted by Crippen LogP contribution is -2.61. The van der Waals surface area contributed by atoms with Crippen LogP contribution in [0.1, 0.15) is 265 Å². The zero-order chi connectivity index (χ0) is 57.5. The van der Waals surface area contributed by atoms with Crippen LogP contribution in [0.2, 0.25) is 0 Å². The lowest BCUT2D eigenvalue weighted by Gasteiger charge is -2.40. The zero-order valence-electron chi connectivity index (χ0n) is 49.8. The van der Waals surface area contributed by atoms with Crippen molar-refractivity contribution < 1.29 is 58.2 Å². The van der Waals surface area contributed by atoms with Crippen LogP contribution in [-0.4, -0.2) is 89.2 Å². The number of hydrogen-bond donors (Lipinski definition) is 3. The topological polar surface area (TPSA) is 175 Å². The molecule has 0 saturated carbocycles. The lowest BCUT2D eigenvalue weighted by atomic mass is 9.98. The van der Waals surface area contributed by atoms with Crippen LogP contribution in [0.15, 0.2) is 85.1 Å². The summed E-state index contributed by atoms with van der Waals surface area (Å²) in [7, 11) is 0. The predicted molar refractivity (Wildman–Crippen MR) is 321 cm³/mol. The minimum Gasteiger partial charge on any atom is -0.479 e. The Balaban J connectivity index is 2.68. The van der Waals surface area contributed by atoms with Gasteiger partial charge in [-0.3, -0.25) is 14.4 Å². The first-order valence-corrected chi connectivity index (χ1v) is 31.6. The van der Waals surface area contributed by atoms with Crippen LogP contribution in [0.3, 0.4) is 0 Å². The first-order valence-electron chi connectivity index (χ1n) is 31.6. The summed E-state index contributed by atoms with van der Waals surface area (Å²) < 4.78 is 28.4. The summed E-state index contributed by atoms with van der Waals surface area (Å²) in [5.41, 5.74) is 0. The minimum atomic E-state index is -1.92. The van der Waals surface area contributed by atoms with Gasteiger partial charge in [0.2, 0.25) is 0 Å². The fourth-order valence-corrected chi connectivity index (χ4v) is 9.15. The highest BCUT2D eigenvalue weighted by Gasteiger charge is 2.50. The molecule has 1 heterocycles. The van der Waals surface area contributed by atoms with E-state index in [4.69, 9.17) is 23.7 Å². The number of carbonyl (C=O) groups excluding carboxylic acids is 3. The second-order valence-corrected chi connectivity index (χ2v) is 21.3. The number of carboxylic acid groups (broad SMARTS) is 1. The summed E-state index contributed by atoms with van der Waals surface area (Å²) in [5.74, 6) is -3.24. The number of esters is 3. The molecule has 0 radical (unpaired) electrons. The van der Waals surface area contributed by atoms with Gasteiger partial charge in [0.1, 0.15) is 18.8 Å². The molecule has 0 amide bonds. The van der Waals surface area contributed by atoms with Crippen LogP contribution in [0, 0.1) is 0 Å². The van der Waals surface area contributed by atoms with Gasteiger partial charge >= 0.3 is 23.9 Å². The second-order valence-electron chi connectivity index (χ2n) is 21.3. The van der Waals surface area contributed by atoms with E-state index in [1.54, 1.807) is 0 Å². The first-order chi connectivity index (χ1) is 38.6. The Morgan fingerprint density at radius 2 is 0.823 bits per heavy atom. The van der Waals surface area contributed by atoms with Gasteiger partial charge in [0, 0.05) is 19.3 Å². The van der Waals surface area contributed by atoms with E-state index in [2.05, 4.69) is 93.7 Å². The van der Waals surface area contributed by atoms with Crippen molar-refractivity contribution in [2.24, 2.45) is 0 Å². The molecule has 0 bridgehead atoms. The molecule has 6 unspecified atom stereocenters. The van der Waals surface area contributed by atoms with E-state index in [-0.39, 0.29) is 25.9 Å². The Hall–Kier alpha value is -4.10. The van der Waals surface area contributed by atoms with E-state index in [0.717, 1.165) is 96.3 Å². The maximum Gasteiger partial charge on any atom is 0.335 e. The van der Waals surface area contributed by atoms with Gasteiger partial charge in [0.05, 0.1) is 6.61 Å². The molecule has 12 nitrogen and oxygen atoms in total. The number of rotatable bonds is 53. The molecule has 0 aliphatic carbocycles. The fraction of sp³-hybridized carbons (Fsp3) is 0.731.